The lowest BCUT2D eigenvalue weighted by atomic mass is 10.0. The molecular formula is C39H50F3N5O10S. The zero-order valence-corrected chi connectivity index (χ0v) is 34.2. The predicted molar refractivity (Wildman–Crippen MR) is 203 cm³/mol. The quantitative estimate of drug-likeness (QED) is 0.306. The summed E-state index contributed by atoms with van der Waals surface area (Å²) in [5.41, 5.74) is -3.96. The third-order valence-electron chi connectivity index (χ3n) is 11.7. The molecule has 15 nitrogen and oxygen atoms in total. The van der Waals surface area contributed by atoms with Crippen LogP contribution in [0.3, 0.4) is 0 Å². The second kappa shape index (κ2) is 15.5. The Bertz CT molecular complexity index is 2110. The van der Waals surface area contributed by atoms with Gasteiger partial charge in [0.05, 0.1) is 30.6 Å². The Hall–Kier alpha value is -4.65. The number of fused-ring (bicyclic) bond motifs is 3. The van der Waals surface area contributed by atoms with Crippen molar-refractivity contribution in [2.45, 2.75) is 132 Å². The van der Waals surface area contributed by atoms with E-state index in [0.717, 1.165) is 18.7 Å². The number of alkyl halides is 2. The van der Waals surface area contributed by atoms with Crippen molar-refractivity contribution in [2.75, 3.05) is 13.7 Å². The summed E-state index contributed by atoms with van der Waals surface area (Å²) in [7, 11) is -2.78. The molecule has 1 aromatic heterocycles. The highest BCUT2D eigenvalue weighted by atomic mass is 32.2. The zero-order chi connectivity index (χ0) is 42.6. The molecular weight excluding hydrogens is 788 g/mol. The van der Waals surface area contributed by atoms with Crippen LogP contribution in [0.2, 0.25) is 0 Å². The molecule has 0 unspecified atom stereocenters. The highest BCUT2D eigenvalue weighted by molar-refractivity contribution is 7.91. The number of benzene rings is 1. The van der Waals surface area contributed by atoms with Crippen molar-refractivity contribution in [2.24, 2.45) is 5.92 Å². The molecule has 19 heteroatoms. The number of sulfonamides is 1. The maximum Gasteiger partial charge on any atom is 0.408 e. The Kier molecular flexibility index (Phi) is 11.5. The average Bonchev–Trinajstić information content (AvgIpc) is 4.01. The Balaban J connectivity index is 1.36. The van der Waals surface area contributed by atoms with E-state index in [1.54, 1.807) is 25.1 Å². The summed E-state index contributed by atoms with van der Waals surface area (Å²) in [6.07, 6.45) is 2.49. The largest absolute Gasteiger partial charge is 0.494 e. The number of allylic oxidation sites excluding steroid dienone is 1. The number of rotatable bonds is 9. The molecule has 3 fully saturated rings. The summed E-state index contributed by atoms with van der Waals surface area (Å²) >= 11 is 0. The molecule has 2 aliphatic carbocycles. The molecule has 2 saturated carbocycles. The fourth-order valence-electron chi connectivity index (χ4n) is 7.14. The Morgan fingerprint density at radius 3 is 2.50 bits per heavy atom. The summed E-state index contributed by atoms with van der Waals surface area (Å²) in [4.78, 5) is 61.7. The third-order valence-corrected chi connectivity index (χ3v) is 13.9. The molecule has 6 rings (SSSR count). The van der Waals surface area contributed by atoms with E-state index in [1.807, 2.05) is 0 Å². The van der Waals surface area contributed by atoms with Crippen LogP contribution in [0.1, 0.15) is 80.1 Å². The van der Waals surface area contributed by atoms with Crippen LogP contribution in [0.15, 0.2) is 36.5 Å². The minimum absolute atomic E-state index is 0.0160. The van der Waals surface area contributed by atoms with Gasteiger partial charge in [-0.05, 0) is 90.3 Å². The number of aromatic nitrogens is 1. The third kappa shape index (κ3) is 8.56. The first-order chi connectivity index (χ1) is 27.0. The SMILES string of the molecule is COc1cc2ccnc(O[C@@H]3C[C@H]4C(=O)N[C@]5(C(=O)NS(=O)(=O)C6(C)CC6)C[C@H]5/C=C\CC[C@H](C)O[C@@H](C)[C@H](NC(=O)OC(C)(C)C(C)(F)F)C(=O)N4C3)c2cc1F. The van der Waals surface area contributed by atoms with Gasteiger partial charge in [-0.15, -0.1) is 0 Å². The number of ether oxygens (including phenoxy) is 4. The van der Waals surface area contributed by atoms with Crippen LogP contribution >= 0.6 is 0 Å². The molecule has 3 N–H and O–H groups in total. The average molecular weight is 838 g/mol. The minimum atomic E-state index is -4.10. The summed E-state index contributed by atoms with van der Waals surface area (Å²) in [5, 5.41) is 5.93. The van der Waals surface area contributed by atoms with Gasteiger partial charge in [0, 0.05) is 30.8 Å². The first-order valence-corrected chi connectivity index (χ1v) is 20.7. The summed E-state index contributed by atoms with van der Waals surface area (Å²) in [6, 6.07) is 1.27. The molecule has 318 valence electrons. The lowest BCUT2D eigenvalue weighted by Crippen LogP contribution is -2.60. The highest BCUT2D eigenvalue weighted by Crippen LogP contribution is 2.47. The van der Waals surface area contributed by atoms with Crippen LogP contribution < -0.4 is 24.8 Å². The Morgan fingerprint density at radius 2 is 1.84 bits per heavy atom. The van der Waals surface area contributed by atoms with Gasteiger partial charge in [0.15, 0.2) is 17.2 Å². The predicted octanol–water partition coefficient (Wildman–Crippen LogP) is 4.28. The molecule has 4 aliphatic rings. The van der Waals surface area contributed by atoms with Gasteiger partial charge in [-0.2, -0.15) is 0 Å². The molecule has 4 amide bonds. The first-order valence-electron chi connectivity index (χ1n) is 19.2. The van der Waals surface area contributed by atoms with Crippen LogP contribution in [-0.2, 0) is 33.9 Å². The highest BCUT2D eigenvalue weighted by Gasteiger charge is 2.63. The van der Waals surface area contributed by atoms with Gasteiger partial charge in [0.1, 0.15) is 23.7 Å². The van der Waals surface area contributed by atoms with Gasteiger partial charge in [-0.3, -0.25) is 19.1 Å². The van der Waals surface area contributed by atoms with E-state index in [-0.39, 0.29) is 36.4 Å². The van der Waals surface area contributed by atoms with Gasteiger partial charge in [0.2, 0.25) is 27.7 Å². The van der Waals surface area contributed by atoms with E-state index in [0.29, 0.717) is 38.0 Å². The van der Waals surface area contributed by atoms with Crippen LogP contribution in [-0.4, -0.2) is 108 Å². The van der Waals surface area contributed by atoms with Crippen LogP contribution in [0.25, 0.3) is 10.8 Å². The molecule has 2 aliphatic heterocycles. The fraction of sp³-hybridized carbons (Fsp3) is 0.615. The van der Waals surface area contributed by atoms with E-state index in [1.165, 1.54) is 39.3 Å². The topological polar surface area (TPSA) is 192 Å². The Labute approximate surface area is 334 Å². The number of carbonyl (C=O) groups is 4. The van der Waals surface area contributed by atoms with E-state index < -0.39 is 97.8 Å². The van der Waals surface area contributed by atoms with Crippen molar-refractivity contribution < 1.29 is 59.7 Å². The molecule has 0 bridgehead atoms. The number of nitrogens with one attached hydrogen (secondary N) is 3. The number of halogens is 3. The van der Waals surface area contributed by atoms with Crippen molar-refractivity contribution in [3.8, 4) is 11.6 Å². The van der Waals surface area contributed by atoms with Crippen LogP contribution in [0.5, 0.6) is 11.6 Å². The van der Waals surface area contributed by atoms with Crippen molar-refractivity contribution in [1.29, 1.82) is 0 Å². The van der Waals surface area contributed by atoms with E-state index in [2.05, 4.69) is 20.3 Å². The molecule has 3 heterocycles. The lowest BCUT2D eigenvalue weighted by Gasteiger charge is -2.35. The second-order valence-corrected chi connectivity index (χ2v) is 18.7. The molecule has 1 aromatic carbocycles. The number of hydrogen-bond donors (Lipinski definition) is 3. The fourth-order valence-corrected chi connectivity index (χ4v) is 8.45. The normalized spacial score (nSPS) is 29.4. The van der Waals surface area contributed by atoms with Gasteiger partial charge < -0.3 is 34.5 Å². The van der Waals surface area contributed by atoms with Crippen molar-refractivity contribution in [1.82, 2.24) is 25.2 Å². The number of methoxy groups -OCH3 is 1. The first kappa shape index (κ1) is 42.9. The van der Waals surface area contributed by atoms with Gasteiger partial charge >= 0.3 is 6.09 Å². The Morgan fingerprint density at radius 1 is 1.14 bits per heavy atom. The van der Waals surface area contributed by atoms with Crippen LogP contribution in [0.4, 0.5) is 18.0 Å². The standard InChI is InChI=1S/C39H50F3N5O10S/c1-21-10-8-9-11-24-19-39(24,34(50)46-58(52,53)37(5)13-14-37)45-31(48)28-17-25(56-32-26-18-27(40)29(54-7)16-23(26)12-15-43-32)20-47(28)33(49)30(22(2)55-21)44-35(51)57-36(3,4)38(6,41)42/h9,11-12,15-16,18,21-22,24-25,28,30H,8,10,13-14,17,19-20H2,1-7H3,(H,44,51)(H,45,48)(H,46,50)/b11-9-/t21-,22-,24+,25+,28-,30-,39+/m0/s1. The summed E-state index contributed by atoms with van der Waals surface area (Å²) < 4.78 is 93.6. The van der Waals surface area contributed by atoms with E-state index in [9.17, 15) is 40.8 Å². The second-order valence-electron chi connectivity index (χ2n) is 16.5. The number of nitrogens with zero attached hydrogens (tertiary/aromatic N) is 2. The molecule has 0 radical (unpaired) electrons. The monoisotopic (exact) mass is 837 g/mol. The van der Waals surface area contributed by atoms with Crippen molar-refractivity contribution in [3.05, 3.63) is 42.4 Å². The number of hydrogen-bond acceptors (Lipinski definition) is 11. The molecule has 0 spiro atoms. The van der Waals surface area contributed by atoms with Gasteiger partial charge in [-0.25, -0.2) is 31.4 Å². The van der Waals surface area contributed by atoms with Crippen molar-refractivity contribution >= 4 is 44.6 Å². The van der Waals surface area contributed by atoms with Crippen LogP contribution in [0, 0.1) is 11.7 Å². The van der Waals surface area contributed by atoms with E-state index in [4.69, 9.17) is 18.9 Å². The minimum Gasteiger partial charge on any atom is -0.494 e. The lowest BCUT2D eigenvalue weighted by molar-refractivity contribution is -0.153. The van der Waals surface area contributed by atoms with E-state index >= 15 is 0 Å². The maximum absolute atomic E-state index is 14.9. The number of carbonyl (C=O) groups excluding carboxylic acids is 4. The summed E-state index contributed by atoms with van der Waals surface area (Å²) in [6.45, 7) is 7.08. The number of alkyl carbamates (subject to hydrolysis) is 1. The zero-order valence-electron chi connectivity index (χ0n) is 33.4. The molecule has 58 heavy (non-hydrogen) atoms. The molecule has 1 saturated heterocycles. The summed E-state index contributed by atoms with van der Waals surface area (Å²) in [5.74, 6) is -7.40. The van der Waals surface area contributed by atoms with Gasteiger partial charge in [0.25, 0.3) is 11.8 Å². The smallest absolute Gasteiger partial charge is 0.408 e. The molecule has 2 aromatic rings. The van der Waals surface area contributed by atoms with Crippen molar-refractivity contribution in [3.63, 3.8) is 0 Å². The number of pyridine rings is 1. The molecule has 7 atom stereocenters. The number of amides is 4. The van der Waals surface area contributed by atoms with Gasteiger partial charge in [-0.1, -0.05) is 12.2 Å². The maximum atomic E-state index is 14.9.